The van der Waals surface area contributed by atoms with E-state index in [0.29, 0.717) is 5.76 Å². The van der Waals surface area contributed by atoms with Gasteiger partial charge < -0.3 is 9.47 Å². The van der Waals surface area contributed by atoms with E-state index in [9.17, 15) is 0 Å². The van der Waals surface area contributed by atoms with Crippen LogP contribution in [0.25, 0.3) is 0 Å². The van der Waals surface area contributed by atoms with Crippen LogP contribution in [-0.2, 0) is 9.47 Å². The zero-order valence-electron chi connectivity index (χ0n) is 14.5. The van der Waals surface area contributed by atoms with Crippen molar-refractivity contribution in [2.75, 3.05) is 0 Å². The quantitative estimate of drug-likeness (QED) is 0.482. The zero-order valence-corrected chi connectivity index (χ0v) is 14.5. The van der Waals surface area contributed by atoms with Crippen molar-refractivity contribution >= 4 is 0 Å². The van der Waals surface area contributed by atoms with Gasteiger partial charge in [0.25, 0.3) is 6.29 Å². The molecule has 0 aromatic heterocycles. The first-order chi connectivity index (χ1) is 10.3. The van der Waals surface area contributed by atoms with Gasteiger partial charge in [0.2, 0.25) is 0 Å². The molecule has 0 radical (unpaired) electrons. The molecular formula is C20H28O2. The minimum absolute atomic E-state index is 0.270. The van der Waals surface area contributed by atoms with Crippen LogP contribution >= 0.6 is 0 Å². The second kappa shape index (κ2) is 6.60. The summed E-state index contributed by atoms with van der Waals surface area (Å²) in [6.07, 6.45) is 11.5. The third-order valence-electron chi connectivity index (χ3n) is 4.53. The van der Waals surface area contributed by atoms with Crippen molar-refractivity contribution in [2.45, 2.75) is 60.2 Å². The first-order valence-corrected chi connectivity index (χ1v) is 8.04. The van der Waals surface area contributed by atoms with Crippen molar-refractivity contribution in [3.05, 3.63) is 59.1 Å². The summed E-state index contributed by atoms with van der Waals surface area (Å²) in [7, 11) is 0. The third-order valence-corrected chi connectivity index (χ3v) is 4.53. The standard InChI is InChI=1S/C20H28O2/c1-14(13-21-19-12-16(3)17(4)22-19)9-10-18-15(2)8-7-11-20(18,5)6/h9-10,12-13,19H,4,7-8,11H2,1-3,5-6H3/b10-9+,14-13-. The van der Waals surface area contributed by atoms with Crippen LogP contribution in [0, 0.1) is 5.41 Å². The SMILES string of the molecule is C=C1OC(O/C=C(C)\C=C\C2=C(C)CCCC2(C)C)C=C1C. The van der Waals surface area contributed by atoms with Gasteiger partial charge in [-0.3, -0.25) is 0 Å². The van der Waals surface area contributed by atoms with E-state index in [1.807, 2.05) is 19.9 Å². The average Bonchev–Trinajstić information content (AvgIpc) is 2.74. The molecule has 1 heterocycles. The highest BCUT2D eigenvalue weighted by Crippen LogP contribution is 2.40. The Bertz CT molecular complexity index is 571. The summed E-state index contributed by atoms with van der Waals surface area (Å²) in [5, 5.41) is 0. The lowest BCUT2D eigenvalue weighted by Crippen LogP contribution is -2.19. The molecule has 2 nitrogen and oxygen atoms in total. The fourth-order valence-corrected chi connectivity index (χ4v) is 3.07. The highest BCUT2D eigenvalue weighted by atomic mass is 16.7. The lowest BCUT2D eigenvalue weighted by molar-refractivity contribution is -0.0225. The van der Waals surface area contributed by atoms with Crippen molar-refractivity contribution in [3.8, 4) is 0 Å². The molecule has 2 rings (SSSR count). The number of allylic oxidation sites excluding steroid dienone is 6. The van der Waals surface area contributed by atoms with Gasteiger partial charge >= 0.3 is 0 Å². The molecule has 22 heavy (non-hydrogen) atoms. The minimum atomic E-state index is -0.345. The smallest absolute Gasteiger partial charge is 0.260 e. The highest BCUT2D eigenvalue weighted by molar-refractivity contribution is 5.35. The first-order valence-electron chi connectivity index (χ1n) is 8.04. The Hall–Kier alpha value is -1.70. The Morgan fingerprint density at radius 3 is 2.73 bits per heavy atom. The second-order valence-electron chi connectivity index (χ2n) is 7.02. The van der Waals surface area contributed by atoms with Crippen LogP contribution < -0.4 is 0 Å². The van der Waals surface area contributed by atoms with Crippen LogP contribution in [0.5, 0.6) is 0 Å². The molecule has 0 aromatic carbocycles. The summed E-state index contributed by atoms with van der Waals surface area (Å²) in [4.78, 5) is 0. The van der Waals surface area contributed by atoms with Gasteiger partial charge in [-0.1, -0.05) is 38.2 Å². The maximum Gasteiger partial charge on any atom is 0.260 e. The van der Waals surface area contributed by atoms with Crippen LogP contribution in [0.3, 0.4) is 0 Å². The van der Waals surface area contributed by atoms with Gasteiger partial charge in [-0.15, -0.1) is 0 Å². The van der Waals surface area contributed by atoms with Gasteiger partial charge in [-0.2, -0.15) is 0 Å². The summed E-state index contributed by atoms with van der Waals surface area (Å²) < 4.78 is 11.1. The van der Waals surface area contributed by atoms with Crippen molar-refractivity contribution in [3.63, 3.8) is 0 Å². The van der Waals surface area contributed by atoms with Crippen LogP contribution in [-0.4, -0.2) is 6.29 Å². The second-order valence-corrected chi connectivity index (χ2v) is 7.02. The van der Waals surface area contributed by atoms with Crippen molar-refractivity contribution < 1.29 is 9.47 Å². The number of hydrogen-bond acceptors (Lipinski definition) is 2. The van der Waals surface area contributed by atoms with Crippen LogP contribution in [0.2, 0.25) is 0 Å². The number of hydrogen-bond donors (Lipinski definition) is 0. The van der Waals surface area contributed by atoms with Gasteiger partial charge in [0.05, 0.1) is 6.26 Å². The van der Waals surface area contributed by atoms with E-state index in [1.54, 1.807) is 6.26 Å². The molecule has 120 valence electrons. The van der Waals surface area contributed by atoms with Crippen molar-refractivity contribution in [2.24, 2.45) is 5.41 Å². The molecule has 0 saturated carbocycles. The van der Waals surface area contributed by atoms with E-state index in [1.165, 1.54) is 30.4 Å². The molecule has 0 amide bonds. The van der Waals surface area contributed by atoms with Crippen molar-refractivity contribution in [1.29, 1.82) is 0 Å². The van der Waals surface area contributed by atoms with Gasteiger partial charge in [0.15, 0.2) is 0 Å². The molecule has 0 spiro atoms. The molecule has 2 aliphatic rings. The lowest BCUT2D eigenvalue weighted by atomic mass is 9.72. The van der Waals surface area contributed by atoms with E-state index < -0.39 is 0 Å². The van der Waals surface area contributed by atoms with Gasteiger partial charge in [-0.25, -0.2) is 0 Å². The number of ether oxygens (including phenoxy) is 2. The molecule has 0 saturated heterocycles. The van der Waals surface area contributed by atoms with E-state index in [0.717, 1.165) is 11.1 Å². The lowest BCUT2D eigenvalue weighted by Gasteiger charge is -2.32. The first kappa shape index (κ1) is 16.7. The molecule has 0 N–H and O–H groups in total. The topological polar surface area (TPSA) is 18.5 Å². The molecule has 0 bridgehead atoms. The molecule has 1 unspecified atom stereocenters. The van der Waals surface area contributed by atoms with Crippen molar-refractivity contribution in [1.82, 2.24) is 0 Å². The van der Waals surface area contributed by atoms with Gasteiger partial charge in [0, 0.05) is 6.08 Å². The van der Waals surface area contributed by atoms with E-state index in [-0.39, 0.29) is 11.7 Å². The average molecular weight is 300 g/mol. The Morgan fingerprint density at radius 1 is 1.41 bits per heavy atom. The normalized spacial score (nSPS) is 25.5. The maximum absolute atomic E-state index is 5.64. The van der Waals surface area contributed by atoms with Gasteiger partial charge in [0.1, 0.15) is 5.76 Å². The predicted molar refractivity (Wildman–Crippen MR) is 92.1 cm³/mol. The Morgan fingerprint density at radius 2 is 2.14 bits per heavy atom. The van der Waals surface area contributed by atoms with Gasteiger partial charge in [-0.05, 0) is 62.2 Å². The van der Waals surface area contributed by atoms with E-state index >= 15 is 0 Å². The Labute approximate surface area is 134 Å². The molecule has 0 fully saturated rings. The fraction of sp³-hybridized carbons (Fsp3) is 0.500. The molecule has 1 atom stereocenters. The Balaban J connectivity index is 2.00. The summed E-state index contributed by atoms with van der Waals surface area (Å²) >= 11 is 0. The molecular weight excluding hydrogens is 272 g/mol. The highest BCUT2D eigenvalue weighted by Gasteiger charge is 2.26. The number of rotatable bonds is 4. The van der Waals surface area contributed by atoms with E-state index in [2.05, 4.69) is 39.5 Å². The molecule has 1 aliphatic heterocycles. The van der Waals surface area contributed by atoms with E-state index in [4.69, 9.17) is 9.47 Å². The summed E-state index contributed by atoms with van der Waals surface area (Å²) in [5.41, 5.74) is 5.36. The Kier molecular flexibility index (Phi) is 5.00. The predicted octanol–water partition coefficient (Wildman–Crippen LogP) is 5.81. The summed E-state index contributed by atoms with van der Waals surface area (Å²) in [6, 6.07) is 0. The summed E-state index contributed by atoms with van der Waals surface area (Å²) in [6.45, 7) is 14.8. The fourth-order valence-electron chi connectivity index (χ4n) is 3.07. The largest absolute Gasteiger partial charge is 0.459 e. The monoisotopic (exact) mass is 300 g/mol. The maximum atomic E-state index is 5.64. The van der Waals surface area contributed by atoms with Crippen LogP contribution in [0.1, 0.15) is 53.9 Å². The third kappa shape index (κ3) is 3.94. The molecule has 0 aromatic rings. The molecule has 2 heteroatoms. The van der Waals surface area contributed by atoms with Crippen LogP contribution in [0.15, 0.2) is 59.1 Å². The van der Waals surface area contributed by atoms with Crippen LogP contribution in [0.4, 0.5) is 0 Å². The molecule has 1 aliphatic carbocycles. The zero-order chi connectivity index (χ0) is 16.3. The summed E-state index contributed by atoms with van der Waals surface area (Å²) in [5.74, 6) is 0.691. The minimum Gasteiger partial charge on any atom is -0.459 e.